The highest BCUT2D eigenvalue weighted by molar-refractivity contribution is 5.89. The van der Waals surface area contributed by atoms with Crippen LogP contribution in [0.15, 0.2) is 42.5 Å². The number of carbonyl (C=O) groups is 1. The van der Waals surface area contributed by atoms with Crippen molar-refractivity contribution >= 4 is 5.97 Å². The molecule has 4 bridgehead atoms. The molecule has 0 amide bonds. The van der Waals surface area contributed by atoms with Gasteiger partial charge in [0, 0.05) is 5.56 Å². The second kappa shape index (κ2) is 7.08. The summed E-state index contributed by atoms with van der Waals surface area (Å²) in [4.78, 5) is 11.8. The van der Waals surface area contributed by atoms with Gasteiger partial charge in [-0.15, -0.1) is 0 Å². The van der Waals surface area contributed by atoms with Gasteiger partial charge in [-0.05, 0) is 79.4 Å². The Morgan fingerprint density at radius 3 is 2.21 bits per heavy atom. The monoisotopic (exact) mass is 392 g/mol. The van der Waals surface area contributed by atoms with Crippen molar-refractivity contribution in [1.29, 1.82) is 0 Å². The number of aromatic carboxylic acids is 1. The number of carboxylic acids is 1. The van der Waals surface area contributed by atoms with Gasteiger partial charge in [-0.25, -0.2) is 4.79 Å². The summed E-state index contributed by atoms with van der Waals surface area (Å²) in [6.07, 6.45) is 7.46. The summed E-state index contributed by atoms with van der Waals surface area (Å²) in [5.74, 6) is 2.66. The van der Waals surface area contributed by atoms with Crippen LogP contribution in [0.4, 0.5) is 0 Å². The van der Waals surface area contributed by atoms with Crippen LogP contribution in [0, 0.1) is 17.8 Å². The first-order valence-electron chi connectivity index (χ1n) is 10.7. The van der Waals surface area contributed by atoms with Crippen LogP contribution in [0.1, 0.15) is 60.0 Å². The third kappa shape index (κ3) is 3.29. The maximum absolute atomic E-state index is 11.8. The second-order valence-electron chi connectivity index (χ2n) is 9.33. The molecule has 0 heterocycles. The largest absolute Gasteiger partial charge is 0.493 e. The van der Waals surface area contributed by atoms with Gasteiger partial charge in [-0.3, -0.25) is 0 Å². The van der Waals surface area contributed by atoms with E-state index < -0.39 is 5.97 Å². The number of carboxylic acid groups (broad SMARTS) is 1. The van der Waals surface area contributed by atoms with Crippen molar-refractivity contribution in [2.45, 2.75) is 50.5 Å². The molecule has 0 atom stereocenters. The summed E-state index contributed by atoms with van der Waals surface area (Å²) in [5.41, 5.74) is 2.47. The Morgan fingerprint density at radius 2 is 1.66 bits per heavy atom. The van der Waals surface area contributed by atoms with Gasteiger partial charge in [0.05, 0.1) is 12.7 Å². The fourth-order valence-electron chi connectivity index (χ4n) is 6.59. The molecule has 4 fully saturated rings. The molecule has 0 spiro atoms. The number of hydrogen-bond donors (Lipinski definition) is 1. The van der Waals surface area contributed by atoms with Gasteiger partial charge in [0.25, 0.3) is 0 Å². The molecule has 29 heavy (non-hydrogen) atoms. The predicted molar refractivity (Wildman–Crippen MR) is 111 cm³/mol. The van der Waals surface area contributed by atoms with Crippen molar-refractivity contribution in [3.05, 3.63) is 59.2 Å². The minimum Gasteiger partial charge on any atom is -0.493 e. The smallest absolute Gasteiger partial charge is 0.335 e. The lowest BCUT2D eigenvalue weighted by molar-refractivity contribution is -0.00666. The first kappa shape index (κ1) is 18.5. The molecule has 4 heteroatoms. The summed E-state index contributed by atoms with van der Waals surface area (Å²) < 4.78 is 12.0. The van der Waals surface area contributed by atoms with E-state index >= 15 is 0 Å². The summed E-state index contributed by atoms with van der Waals surface area (Å²) in [7, 11) is 1.60. The van der Waals surface area contributed by atoms with Crippen LogP contribution in [0.3, 0.4) is 0 Å². The standard InChI is InChI=1S/C25H28O4/c1-28-22-11-20(24(26)27)10-21(23(22)29-15-16-5-3-2-4-6-16)25-12-17-7-18(13-25)9-19(8-17)14-25/h2-6,10-11,17-19H,7-9,12-15H2,1H3,(H,26,27). The maximum Gasteiger partial charge on any atom is 0.335 e. The summed E-state index contributed by atoms with van der Waals surface area (Å²) in [6.45, 7) is 0.447. The molecule has 2 aromatic rings. The van der Waals surface area contributed by atoms with Crippen molar-refractivity contribution in [3.8, 4) is 11.5 Å². The van der Waals surface area contributed by atoms with E-state index in [4.69, 9.17) is 9.47 Å². The SMILES string of the molecule is COc1cc(C(=O)O)cc(C23CC4CC(CC(C4)C2)C3)c1OCc1ccccc1. The quantitative estimate of drug-likeness (QED) is 0.711. The highest BCUT2D eigenvalue weighted by Gasteiger charge is 2.53. The number of benzene rings is 2. The van der Waals surface area contributed by atoms with Gasteiger partial charge in [0.1, 0.15) is 6.61 Å². The zero-order valence-electron chi connectivity index (χ0n) is 16.9. The Kier molecular flexibility index (Phi) is 4.53. The molecule has 4 nitrogen and oxygen atoms in total. The number of hydrogen-bond acceptors (Lipinski definition) is 3. The van der Waals surface area contributed by atoms with Crippen molar-refractivity contribution < 1.29 is 19.4 Å². The van der Waals surface area contributed by atoms with Gasteiger partial charge in [-0.2, -0.15) is 0 Å². The Bertz CT molecular complexity index is 883. The zero-order chi connectivity index (χ0) is 20.0. The van der Waals surface area contributed by atoms with Crippen molar-refractivity contribution in [2.75, 3.05) is 7.11 Å². The summed E-state index contributed by atoms with van der Waals surface area (Å²) in [5, 5.41) is 9.71. The fraction of sp³-hybridized carbons (Fsp3) is 0.480. The molecule has 152 valence electrons. The molecule has 0 radical (unpaired) electrons. The van der Waals surface area contributed by atoms with Crippen LogP contribution in [-0.2, 0) is 12.0 Å². The van der Waals surface area contributed by atoms with Gasteiger partial charge in [0.15, 0.2) is 11.5 Å². The van der Waals surface area contributed by atoms with Gasteiger partial charge in [0.2, 0.25) is 0 Å². The van der Waals surface area contributed by atoms with Crippen LogP contribution in [0.25, 0.3) is 0 Å². The van der Waals surface area contributed by atoms with E-state index in [0.29, 0.717) is 17.9 Å². The molecular weight excluding hydrogens is 364 g/mol. The van der Waals surface area contributed by atoms with E-state index in [1.807, 2.05) is 36.4 Å². The van der Waals surface area contributed by atoms with E-state index in [0.717, 1.165) is 53.9 Å². The molecule has 6 rings (SSSR count). The topological polar surface area (TPSA) is 55.8 Å². The third-order valence-corrected chi connectivity index (χ3v) is 7.36. The molecule has 0 saturated heterocycles. The lowest BCUT2D eigenvalue weighted by Crippen LogP contribution is -2.48. The van der Waals surface area contributed by atoms with Crippen molar-refractivity contribution in [2.24, 2.45) is 17.8 Å². The Labute approximate surface area is 171 Å². The first-order valence-corrected chi connectivity index (χ1v) is 10.7. The van der Waals surface area contributed by atoms with Gasteiger partial charge >= 0.3 is 5.97 Å². The summed E-state index contributed by atoms with van der Waals surface area (Å²) >= 11 is 0. The fourth-order valence-corrected chi connectivity index (χ4v) is 6.59. The normalized spacial score (nSPS) is 29.6. The molecule has 4 saturated carbocycles. The number of methoxy groups -OCH3 is 1. The third-order valence-electron chi connectivity index (χ3n) is 7.36. The van der Waals surface area contributed by atoms with E-state index in [1.54, 1.807) is 13.2 Å². The van der Waals surface area contributed by atoms with Crippen molar-refractivity contribution in [1.82, 2.24) is 0 Å². The van der Waals surface area contributed by atoms with E-state index in [2.05, 4.69) is 0 Å². The van der Waals surface area contributed by atoms with E-state index in [1.165, 1.54) is 19.3 Å². The van der Waals surface area contributed by atoms with Gasteiger partial charge in [-0.1, -0.05) is 30.3 Å². The van der Waals surface area contributed by atoms with Crippen LogP contribution in [0.2, 0.25) is 0 Å². The molecule has 2 aromatic carbocycles. The predicted octanol–water partition coefficient (Wildman–Crippen LogP) is 5.44. The average Bonchev–Trinajstić information content (AvgIpc) is 2.71. The molecule has 0 aromatic heterocycles. The minimum absolute atomic E-state index is 0.0273. The maximum atomic E-state index is 11.8. The molecular formula is C25H28O4. The van der Waals surface area contributed by atoms with Crippen LogP contribution < -0.4 is 9.47 Å². The highest BCUT2D eigenvalue weighted by Crippen LogP contribution is 2.62. The first-order chi connectivity index (χ1) is 14.1. The number of rotatable bonds is 6. The highest BCUT2D eigenvalue weighted by atomic mass is 16.5. The number of ether oxygens (including phenoxy) is 2. The second-order valence-corrected chi connectivity index (χ2v) is 9.33. The Morgan fingerprint density at radius 1 is 1.03 bits per heavy atom. The average molecular weight is 392 g/mol. The van der Waals surface area contributed by atoms with E-state index in [9.17, 15) is 9.90 Å². The van der Waals surface area contributed by atoms with Crippen LogP contribution in [-0.4, -0.2) is 18.2 Å². The molecule has 4 aliphatic carbocycles. The van der Waals surface area contributed by atoms with Crippen molar-refractivity contribution in [3.63, 3.8) is 0 Å². The van der Waals surface area contributed by atoms with Gasteiger partial charge < -0.3 is 14.6 Å². The van der Waals surface area contributed by atoms with E-state index in [-0.39, 0.29) is 5.41 Å². The Hall–Kier alpha value is -2.49. The van der Waals surface area contributed by atoms with Crippen LogP contribution in [0.5, 0.6) is 11.5 Å². The molecule has 1 N–H and O–H groups in total. The zero-order valence-corrected chi connectivity index (χ0v) is 16.9. The lowest BCUT2D eigenvalue weighted by atomic mass is 9.48. The minimum atomic E-state index is -0.913. The Balaban J connectivity index is 1.58. The molecule has 0 aliphatic heterocycles. The summed E-state index contributed by atoms with van der Waals surface area (Å²) in [6, 6.07) is 13.6. The molecule has 0 unspecified atom stereocenters. The lowest BCUT2D eigenvalue weighted by Gasteiger charge is -2.57. The van der Waals surface area contributed by atoms with Crippen LogP contribution >= 0.6 is 0 Å². The molecule has 4 aliphatic rings.